The Morgan fingerprint density at radius 3 is 1.57 bits per heavy atom. The summed E-state index contributed by atoms with van der Waals surface area (Å²) in [5.41, 5.74) is 0. The fourth-order valence-electron chi connectivity index (χ4n) is 5.63. The second-order valence-electron chi connectivity index (χ2n) is 12.0. The first kappa shape index (κ1) is 39.9. The summed E-state index contributed by atoms with van der Waals surface area (Å²) in [5, 5.41) is 18.8. The SMILES string of the molecule is CCCCCCCCC=CCC=CCCCCCC(C(=O)O)C(CCCC=CC=CC(=O)O)CCCCCCCCC. The third-order valence-electron chi connectivity index (χ3n) is 8.21. The molecule has 2 unspecified atom stereocenters. The number of carboxylic acids is 2. The van der Waals surface area contributed by atoms with Gasteiger partial charge in [0.25, 0.3) is 0 Å². The molecule has 0 amide bonds. The molecule has 0 aromatic carbocycles. The van der Waals surface area contributed by atoms with Crippen LogP contribution in [-0.4, -0.2) is 22.2 Å². The summed E-state index contributed by atoms with van der Waals surface area (Å²) in [6.45, 7) is 4.50. The van der Waals surface area contributed by atoms with Gasteiger partial charge in [0.15, 0.2) is 0 Å². The van der Waals surface area contributed by atoms with Crippen LogP contribution in [0.1, 0.15) is 168 Å². The first-order valence-corrected chi connectivity index (χ1v) is 17.6. The molecule has 0 aliphatic carbocycles. The predicted molar refractivity (Wildman–Crippen MR) is 181 cm³/mol. The standard InChI is InChI=1S/C38H66O4/c1-3-5-7-9-11-12-13-14-15-16-17-18-19-21-25-29-33-36(38(41)42)35(31-27-23-20-10-8-6-4-2)32-28-24-22-26-30-34-37(39)40/h14-15,17-18,22,26,30,34-36H,3-13,16,19-21,23-25,27-29,31-33H2,1-2H3,(H,39,40)(H,41,42). The summed E-state index contributed by atoms with van der Waals surface area (Å²) >= 11 is 0. The minimum atomic E-state index is -0.944. The van der Waals surface area contributed by atoms with Crippen LogP contribution in [-0.2, 0) is 9.59 Å². The lowest BCUT2D eigenvalue weighted by Crippen LogP contribution is -2.24. The maximum atomic E-state index is 12.3. The molecule has 0 spiro atoms. The molecule has 0 bridgehead atoms. The molecular weight excluding hydrogens is 520 g/mol. The predicted octanol–water partition coefficient (Wildman–Crippen LogP) is 12.0. The molecule has 4 heteroatoms. The van der Waals surface area contributed by atoms with Crippen LogP contribution in [0.15, 0.2) is 48.6 Å². The molecule has 0 saturated heterocycles. The first-order chi connectivity index (χ1) is 20.5. The van der Waals surface area contributed by atoms with Gasteiger partial charge in [-0.2, -0.15) is 0 Å². The van der Waals surface area contributed by atoms with Crippen molar-refractivity contribution in [3.8, 4) is 0 Å². The minimum absolute atomic E-state index is 0.226. The van der Waals surface area contributed by atoms with Gasteiger partial charge in [0, 0.05) is 6.08 Å². The maximum absolute atomic E-state index is 12.3. The van der Waals surface area contributed by atoms with Gasteiger partial charge in [-0.05, 0) is 70.1 Å². The molecule has 0 aliphatic heterocycles. The molecule has 0 saturated carbocycles. The van der Waals surface area contributed by atoms with E-state index in [4.69, 9.17) is 5.11 Å². The first-order valence-electron chi connectivity index (χ1n) is 17.6. The van der Waals surface area contributed by atoms with E-state index in [0.717, 1.165) is 76.7 Å². The molecule has 2 atom stereocenters. The Kier molecular flexibility index (Phi) is 30.2. The molecule has 0 rings (SSSR count). The second-order valence-corrected chi connectivity index (χ2v) is 12.0. The van der Waals surface area contributed by atoms with Gasteiger partial charge in [-0.15, -0.1) is 0 Å². The number of aliphatic carboxylic acids is 2. The zero-order valence-electron chi connectivity index (χ0n) is 27.5. The van der Waals surface area contributed by atoms with E-state index in [1.807, 2.05) is 6.08 Å². The smallest absolute Gasteiger partial charge is 0.328 e. The van der Waals surface area contributed by atoms with Crippen molar-refractivity contribution in [1.82, 2.24) is 0 Å². The van der Waals surface area contributed by atoms with Gasteiger partial charge in [-0.25, -0.2) is 4.79 Å². The zero-order valence-corrected chi connectivity index (χ0v) is 27.5. The maximum Gasteiger partial charge on any atom is 0.328 e. The molecule has 242 valence electrons. The van der Waals surface area contributed by atoms with Gasteiger partial charge in [-0.1, -0.05) is 146 Å². The number of hydrogen-bond donors (Lipinski definition) is 2. The highest BCUT2D eigenvalue weighted by molar-refractivity contribution is 5.80. The molecule has 2 N–H and O–H groups in total. The van der Waals surface area contributed by atoms with E-state index in [-0.39, 0.29) is 11.8 Å². The van der Waals surface area contributed by atoms with Crippen molar-refractivity contribution in [2.24, 2.45) is 11.8 Å². The van der Waals surface area contributed by atoms with Crippen molar-refractivity contribution >= 4 is 11.9 Å². The van der Waals surface area contributed by atoms with Crippen LogP contribution in [0.4, 0.5) is 0 Å². The molecular formula is C38H66O4. The lowest BCUT2D eigenvalue weighted by Gasteiger charge is -2.24. The Morgan fingerprint density at radius 1 is 0.524 bits per heavy atom. The summed E-state index contributed by atoms with van der Waals surface area (Å²) in [6.07, 6.45) is 43.4. The molecule has 42 heavy (non-hydrogen) atoms. The van der Waals surface area contributed by atoms with Crippen molar-refractivity contribution in [2.45, 2.75) is 168 Å². The Morgan fingerprint density at radius 2 is 1.00 bits per heavy atom. The molecule has 0 aromatic heterocycles. The van der Waals surface area contributed by atoms with Gasteiger partial charge in [0.2, 0.25) is 0 Å². The number of allylic oxidation sites excluding steroid dienone is 7. The third-order valence-corrected chi connectivity index (χ3v) is 8.21. The highest BCUT2D eigenvalue weighted by Gasteiger charge is 2.26. The van der Waals surface area contributed by atoms with Crippen LogP contribution in [0.3, 0.4) is 0 Å². The van der Waals surface area contributed by atoms with E-state index >= 15 is 0 Å². The van der Waals surface area contributed by atoms with Crippen LogP contribution in [0.25, 0.3) is 0 Å². The van der Waals surface area contributed by atoms with Gasteiger partial charge >= 0.3 is 11.9 Å². The lowest BCUT2D eigenvalue weighted by atomic mass is 9.80. The van der Waals surface area contributed by atoms with Gasteiger partial charge in [0.05, 0.1) is 5.92 Å². The van der Waals surface area contributed by atoms with E-state index in [1.165, 1.54) is 83.5 Å². The van der Waals surface area contributed by atoms with Crippen molar-refractivity contribution in [2.75, 3.05) is 0 Å². The number of unbranched alkanes of at least 4 members (excludes halogenated alkanes) is 16. The Balaban J connectivity index is 4.41. The fraction of sp³-hybridized carbons (Fsp3) is 0.737. The average molecular weight is 587 g/mol. The summed E-state index contributed by atoms with van der Waals surface area (Å²) < 4.78 is 0. The zero-order chi connectivity index (χ0) is 30.9. The molecule has 0 heterocycles. The van der Waals surface area contributed by atoms with Crippen LogP contribution in [0.5, 0.6) is 0 Å². The quantitative estimate of drug-likeness (QED) is 0.0367. The van der Waals surface area contributed by atoms with Crippen molar-refractivity contribution in [3.05, 3.63) is 48.6 Å². The molecule has 0 radical (unpaired) electrons. The number of carbonyl (C=O) groups is 2. The van der Waals surface area contributed by atoms with Crippen LogP contribution < -0.4 is 0 Å². The lowest BCUT2D eigenvalue weighted by molar-refractivity contribution is -0.144. The summed E-state index contributed by atoms with van der Waals surface area (Å²) in [7, 11) is 0. The minimum Gasteiger partial charge on any atom is -0.481 e. The Bertz CT molecular complexity index is 733. The normalized spacial score (nSPS) is 13.7. The summed E-state index contributed by atoms with van der Waals surface area (Å²) in [6, 6.07) is 0. The fourth-order valence-corrected chi connectivity index (χ4v) is 5.63. The number of carboxylic acid groups (broad SMARTS) is 2. The van der Waals surface area contributed by atoms with Crippen LogP contribution in [0.2, 0.25) is 0 Å². The van der Waals surface area contributed by atoms with Crippen LogP contribution >= 0.6 is 0 Å². The average Bonchev–Trinajstić information content (AvgIpc) is 2.96. The summed E-state index contributed by atoms with van der Waals surface area (Å²) in [4.78, 5) is 22.9. The third kappa shape index (κ3) is 28.0. The number of rotatable bonds is 31. The van der Waals surface area contributed by atoms with E-state index in [2.05, 4.69) is 38.2 Å². The Labute approximate surface area is 259 Å². The molecule has 0 aromatic rings. The van der Waals surface area contributed by atoms with E-state index in [9.17, 15) is 14.7 Å². The molecule has 0 aliphatic rings. The topological polar surface area (TPSA) is 74.6 Å². The van der Waals surface area contributed by atoms with Crippen LogP contribution in [0, 0.1) is 11.8 Å². The van der Waals surface area contributed by atoms with Crippen molar-refractivity contribution < 1.29 is 19.8 Å². The molecule has 4 nitrogen and oxygen atoms in total. The van der Waals surface area contributed by atoms with E-state index in [0.29, 0.717) is 0 Å². The largest absolute Gasteiger partial charge is 0.481 e. The Hall–Kier alpha value is -2.10. The van der Waals surface area contributed by atoms with Gasteiger partial charge in [0.1, 0.15) is 0 Å². The second kappa shape index (κ2) is 31.8. The molecule has 0 fully saturated rings. The van der Waals surface area contributed by atoms with E-state index in [1.54, 1.807) is 12.2 Å². The highest BCUT2D eigenvalue weighted by Crippen LogP contribution is 2.30. The van der Waals surface area contributed by atoms with Gasteiger partial charge in [-0.3, -0.25) is 4.79 Å². The van der Waals surface area contributed by atoms with E-state index < -0.39 is 11.9 Å². The monoisotopic (exact) mass is 586 g/mol. The van der Waals surface area contributed by atoms with Crippen molar-refractivity contribution in [1.29, 1.82) is 0 Å². The summed E-state index contributed by atoms with van der Waals surface area (Å²) in [5.74, 6) is -1.60. The van der Waals surface area contributed by atoms with Crippen molar-refractivity contribution in [3.63, 3.8) is 0 Å². The highest BCUT2D eigenvalue weighted by atomic mass is 16.4. The van der Waals surface area contributed by atoms with Gasteiger partial charge < -0.3 is 10.2 Å². The number of hydrogen-bond acceptors (Lipinski definition) is 2.